The average molecular weight is 384 g/mol. The minimum Gasteiger partial charge on any atom is -0.494 e. The number of carbonyl (C=O) groups excluding carboxylic acids is 1. The van der Waals surface area contributed by atoms with E-state index in [1.165, 1.54) is 12.1 Å². The van der Waals surface area contributed by atoms with E-state index in [1.807, 2.05) is 36.1 Å². The molecule has 2 aromatic carbocycles. The molecule has 0 aromatic heterocycles. The summed E-state index contributed by atoms with van der Waals surface area (Å²) < 4.78 is 18.7. The largest absolute Gasteiger partial charge is 0.494 e. The van der Waals surface area contributed by atoms with Gasteiger partial charge >= 0.3 is 0 Å². The summed E-state index contributed by atoms with van der Waals surface area (Å²) in [4.78, 5) is 17.5. The summed E-state index contributed by atoms with van der Waals surface area (Å²) in [6, 6.07) is 14.4. The Kier molecular flexibility index (Phi) is 7.04. The van der Waals surface area contributed by atoms with Crippen molar-refractivity contribution in [3.63, 3.8) is 0 Å². The maximum atomic E-state index is 13.3. The van der Waals surface area contributed by atoms with Crippen LogP contribution in [0.1, 0.15) is 30.9 Å². The van der Waals surface area contributed by atoms with Crippen molar-refractivity contribution < 1.29 is 13.9 Å². The highest BCUT2D eigenvalue weighted by Gasteiger charge is 2.27. The van der Waals surface area contributed by atoms with Gasteiger partial charge in [0.2, 0.25) is 5.91 Å². The highest BCUT2D eigenvalue weighted by atomic mass is 19.1. The Morgan fingerprint density at radius 2 is 1.68 bits per heavy atom. The van der Waals surface area contributed by atoms with Crippen molar-refractivity contribution in [1.82, 2.24) is 9.80 Å². The van der Waals surface area contributed by atoms with Gasteiger partial charge in [0.15, 0.2) is 0 Å². The zero-order chi connectivity index (χ0) is 19.9. The molecule has 0 unspecified atom stereocenters. The lowest BCUT2D eigenvalue weighted by atomic mass is 10.0. The van der Waals surface area contributed by atoms with Gasteiger partial charge in [-0.3, -0.25) is 4.79 Å². The molecule has 2 aromatic rings. The fourth-order valence-corrected chi connectivity index (χ4v) is 3.66. The van der Waals surface area contributed by atoms with Crippen molar-refractivity contribution in [3.8, 4) is 5.75 Å². The summed E-state index contributed by atoms with van der Waals surface area (Å²) in [5.41, 5.74) is 1.94. The first-order valence-corrected chi connectivity index (χ1v) is 9.99. The van der Waals surface area contributed by atoms with Crippen molar-refractivity contribution in [2.45, 2.75) is 38.8 Å². The summed E-state index contributed by atoms with van der Waals surface area (Å²) >= 11 is 0. The number of benzene rings is 2. The molecule has 0 saturated carbocycles. The molecule has 1 amide bonds. The first kappa shape index (κ1) is 20.3. The number of piperidine rings is 1. The van der Waals surface area contributed by atoms with Crippen molar-refractivity contribution in [2.75, 3.05) is 26.7 Å². The van der Waals surface area contributed by atoms with E-state index in [0.29, 0.717) is 19.6 Å². The fraction of sp³-hybridized carbons (Fsp3) is 0.435. The van der Waals surface area contributed by atoms with E-state index >= 15 is 0 Å². The number of carbonyl (C=O) groups is 1. The van der Waals surface area contributed by atoms with Gasteiger partial charge < -0.3 is 14.5 Å². The van der Waals surface area contributed by atoms with E-state index in [2.05, 4.69) is 11.9 Å². The number of amides is 1. The quantitative estimate of drug-likeness (QED) is 0.726. The molecule has 150 valence electrons. The minimum atomic E-state index is -0.254. The Morgan fingerprint density at radius 3 is 2.29 bits per heavy atom. The van der Waals surface area contributed by atoms with Crippen molar-refractivity contribution in [3.05, 3.63) is 65.5 Å². The number of halogens is 1. The van der Waals surface area contributed by atoms with Crippen molar-refractivity contribution in [2.24, 2.45) is 0 Å². The molecule has 1 fully saturated rings. The molecule has 1 aliphatic rings. The second kappa shape index (κ2) is 9.69. The van der Waals surface area contributed by atoms with E-state index in [0.717, 1.165) is 42.8 Å². The number of ether oxygens (including phenoxy) is 1. The third-order valence-corrected chi connectivity index (χ3v) is 5.31. The molecule has 28 heavy (non-hydrogen) atoms. The molecule has 1 aliphatic heterocycles. The van der Waals surface area contributed by atoms with Gasteiger partial charge in [-0.2, -0.15) is 0 Å². The number of nitrogens with zero attached hydrogens (tertiary/aromatic N) is 2. The molecule has 0 N–H and O–H groups in total. The third-order valence-electron chi connectivity index (χ3n) is 5.31. The topological polar surface area (TPSA) is 32.8 Å². The Morgan fingerprint density at radius 1 is 1.07 bits per heavy atom. The van der Waals surface area contributed by atoms with Crippen LogP contribution in [0.2, 0.25) is 0 Å². The lowest BCUT2D eigenvalue weighted by Gasteiger charge is -2.37. The van der Waals surface area contributed by atoms with E-state index in [1.54, 1.807) is 12.1 Å². The first-order chi connectivity index (χ1) is 13.5. The summed E-state index contributed by atoms with van der Waals surface area (Å²) in [5, 5.41) is 0. The van der Waals surface area contributed by atoms with E-state index in [9.17, 15) is 9.18 Å². The normalized spacial score (nSPS) is 15.4. The van der Waals surface area contributed by atoms with Crippen molar-refractivity contribution in [1.29, 1.82) is 0 Å². The Hall–Kier alpha value is -2.40. The maximum Gasteiger partial charge on any atom is 0.227 e. The summed E-state index contributed by atoms with van der Waals surface area (Å²) in [6.45, 7) is 5.07. The van der Waals surface area contributed by atoms with Crippen LogP contribution in [0.3, 0.4) is 0 Å². The van der Waals surface area contributed by atoms with Crippen LogP contribution in [0, 0.1) is 5.82 Å². The third kappa shape index (κ3) is 5.55. The van der Waals surface area contributed by atoms with E-state index in [-0.39, 0.29) is 17.8 Å². The van der Waals surface area contributed by atoms with Gasteiger partial charge in [-0.05, 0) is 75.3 Å². The molecular formula is C23H29FN2O2. The molecule has 3 rings (SSSR count). The first-order valence-electron chi connectivity index (χ1n) is 9.99. The zero-order valence-corrected chi connectivity index (χ0v) is 16.7. The lowest BCUT2D eigenvalue weighted by Crippen LogP contribution is -2.46. The number of hydrogen-bond donors (Lipinski definition) is 0. The maximum absolute atomic E-state index is 13.3. The Labute approximate surface area is 166 Å². The van der Waals surface area contributed by atoms with Crippen LogP contribution >= 0.6 is 0 Å². The van der Waals surface area contributed by atoms with Crippen LogP contribution in [0.4, 0.5) is 4.39 Å². The second-order valence-electron chi connectivity index (χ2n) is 7.44. The van der Waals surface area contributed by atoms with Gasteiger partial charge in [0.25, 0.3) is 0 Å². The molecule has 0 bridgehead atoms. The van der Waals surface area contributed by atoms with Crippen LogP contribution in [0.15, 0.2) is 48.5 Å². The molecule has 0 atom stereocenters. The fourth-order valence-electron chi connectivity index (χ4n) is 3.66. The average Bonchev–Trinajstić information content (AvgIpc) is 2.70. The molecule has 0 aliphatic carbocycles. The Balaban J connectivity index is 1.72. The zero-order valence-electron chi connectivity index (χ0n) is 16.7. The second-order valence-corrected chi connectivity index (χ2v) is 7.44. The van der Waals surface area contributed by atoms with Crippen LogP contribution in [0.5, 0.6) is 5.75 Å². The monoisotopic (exact) mass is 384 g/mol. The van der Waals surface area contributed by atoms with Gasteiger partial charge in [0.1, 0.15) is 11.6 Å². The standard InChI is InChI=1S/C23H29FN2O2/c1-3-28-22-10-6-18(7-11-22)16-23(27)26(21-12-14-25(2)15-13-21)17-19-4-8-20(24)9-5-19/h4-11,21H,3,12-17H2,1-2H3. The van der Waals surface area contributed by atoms with Crippen LogP contribution in [-0.4, -0.2) is 48.5 Å². The van der Waals surface area contributed by atoms with Crippen LogP contribution < -0.4 is 4.74 Å². The predicted molar refractivity (Wildman–Crippen MR) is 109 cm³/mol. The molecular weight excluding hydrogens is 355 g/mol. The molecule has 4 nitrogen and oxygen atoms in total. The molecule has 1 saturated heterocycles. The van der Waals surface area contributed by atoms with Crippen LogP contribution in [-0.2, 0) is 17.8 Å². The minimum absolute atomic E-state index is 0.114. The van der Waals surface area contributed by atoms with E-state index in [4.69, 9.17) is 4.74 Å². The smallest absolute Gasteiger partial charge is 0.227 e. The van der Waals surface area contributed by atoms with Gasteiger partial charge in [-0.1, -0.05) is 24.3 Å². The number of rotatable bonds is 7. The highest BCUT2D eigenvalue weighted by molar-refractivity contribution is 5.79. The van der Waals surface area contributed by atoms with Crippen LogP contribution in [0.25, 0.3) is 0 Å². The predicted octanol–water partition coefficient (Wildman–Crippen LogP) is 3.89. The molecule has 0 spiro atoms. The SMILES string of the molecule is CCOc1ccc(CC(=O)N(Cc2ccc(F)cc2)C2CCN(C)CC2)cc1. The molecule has 5 heteroatoms. The van der Waals surface area contributed by atoms with Gasteiger partial charge in [0, 0.05) is 12.6 Å². The van der Waals surface area contributed by atoms with E-state index < -0.39 is 0 Å². The van der Waals surface area contributed by atoms with Gasteiger partial charge in [0.05, 0.1) is 13.0 Å². The number of likely N-dealkylation sites (tertiary alicyclic amines) is 1. The molecule has 0 radical (unpaired) electrons. The van der Waals surface area contributed by atoms with Gasteiger partial charge in [-0.25, -0.2) is 4.39 Å². The summed E-state index contributed by atoms with van der Waals surface area (Å²) in [7, 11) is 2.11. The molecule has 1 heterocycles. The lowest BCUT2D eigenvalue weighted by molar-refractivity contribution is -0.134. The van der Waals surface area contributed by atoms with Gasteiger partial charge in [-0.15, -0.1) is 0 Å². The number of hydrogen-bond acceptors (Lipinski definition) is 3. The summed E-state index contributed by atoms with van der Waals surface area (Å²) in [5.74, 6) is 0.676. The highest BCUT2D eigenvalue weighted by Crippen LogP contribution is 2.21. The van der Waals surface area contributed by atoms with Crippen molar-refractivity contribution >= 4 is 5.91 Å². The Bertz CT molecular complexity index is 753. The summed E-state index contributed by atoms with van der Waals surface area (Å²) in [6.07, 6.45) is 2.29.